The molecule has 21 heavy (non-hydrogen) atoms. The first-order valence-corrected chi connectivity index (χ1v) is 7.56. The van der Waals surface area contributed by atoms with Gasteiger partial charge in [-0.3, -0.25) is 0 Å². The number of halogens is 1. The fraction of sp³-hybridized carbons (Fsp3) is 0.267. The van der Waals surface area contributed by atoms with Crippen molar-refractivity contribution in [3.05, 3.63) is 58.0 Å². The standard InChI is InChI=1S/C15H17FN2O2S/c16-13-3-1-11(2-4-13)9-18-15(20)17-7-5-14(19)12-6-8-21-10-12/h1-4,6,8,10,14,19H,5,7,9H2,(H2,17,18,20). The number of aliphatic hydroxyl groups excluding tert-OH is 1. The second kappa shape index (κ2) is 7.75. The molecule has 1 atom stereocenters. The number of thiophene rings is 1. The highest BCUT2D eigenvalue weighted by Gasteiger charge is 2.08. The van der Waals surface area contributed by atoms with Crippen molar-refractivity contribution in [1.82, 2.24) is 10.6 Å². The van der Waals surface area contributed by atoms with E-state index in [1.807, 2.05) is 16.8 Å². The number of benzene rings is 1. The molecule has 6 heteroatoms. The van der Waals surface area contributed by atoms with Crippen molar-refractivity contribution in [2.24, 2.45) is 0 Å². The van der Waals surface area contributed by atoms with Gasteiger partial charge in [-0.1, -0.05) is 12.1 Å². The van der Waals surface area contributed by atoms with Crippen molar-refractivity contribution >= 4 is 17.4 Å². The second-order valence-corrected chi connectivity index (χ2v) is 5.38. The SMILES string of the molecule is O=C(NCCC(O)c1ccsc1)NCc1ccc(F)cc1. The predicted octanol–water partition coefficient (Wildman–Crippen LogP) is 2.81. The number of nitrogens with one attached hydrogen (secondary N) is 2. The number of hydrogen-bond donors (Lipinski definition) is 3. The Morgan fingerprint density at radius 2 is 2.00 bits per heavy atom. The van der Waals surface area contributed by atoms with E-state index in [0.717, 1.165) is 11.1 Å². The monoisotopic (exact) mass is 308 g/mol. The summed E-state index contributed by atoms with van der Waals surface area (Å²) in [6, 6.07) is 7.51. The average Bonchev–Trinajstić information content (AvgIpc) is 3.01. The number of carbonyl (C=O) groups excluding carboxylic acids is 1. The molecule has 0 bridgehead atoms. The van der Waals surface area contributed by atoms with Gasteiger partial charge in [-0.25, -0.2) is 9.18 Å². The highest BCUT2D eigenvalue weighted by Crippen LogP contribution is 2.18. The summed E-state index contributed by atoms with van der Waals surface area (Å²) in [4.78, 5) is 11.6. The van der Waals surface area contributed by atoms with Gasteiger partial charge in [0.05, 0.1) is 6.10 Å². The minimum atomic E-state index is -0.561. The van der Waals surface area contributed by atoms with Gasteiger partial charge in [0.25, 0.3) is 0 Å². The van der Waals surface area contributed by atoms with Crippen LogP contribution in [0.5, 0.6) is 0 Å². The van der Waals surface area contributed by atoms with Crippen LogP contribution in [0.2, 0.25) is 0 Å². The number of hydrogen-bond acceptors (Lipinski definition) is 3. The molecule has 2 amide bonds. The molecule has 1 unspecified atom stereocenters. The summed E-state index contributed by atoms with van der Waals surface area (Å²) in [7, 11) is 0. The van der Waals surface area contributed by atoms with E-state index in [1.54, 1.807) is 12.1 Å². The molecule has 112 valence electrons. The molecule has 3 N–H and O–H groups in total. The first-order valence-electron chi connectivity index (χ1n) is 6.61. The van der Waals surface area contributed by atoms with E-state index in [1.165, 1.54) is 23.5 Å². The summed E-state index contributed by atoms with van der Waals surface area (Å²) in [6.07, 6.45) is -0.102. The Labute approximate surface area is 126 Å². The Morgan fingerprint density at radius 1 is 1.24 bits per heavy atom. The van der Waals surface area contributed by atoms with E-state index in [4.69, 9.17) is 0 Å². The summed E-state index contributed by atoms with van der Waals surface area (Å²) in [5.74, 6) is -0.300. The molecule has 1 heterocycles. The lowest BCUT2D eigenvalue weighted by Gasteiger charge is -2.11. The maximum Gasteiger partial charge on any atom is 0.315 e. The Hall–Kier alpha value is -1.92. The Balaban J connectivity index is 1.64. The summed E-state index contributed by atoms with van der Waals surface area (Å²) < 4.78 is 12.7. The molecule has 4 nitrogen and oxygen atoms in total. The minimum absolute atomic E-state index is 0.300. The van der Waals surface area contributed by atoms with Gasteiger partial charge in [-0.2, -0.15) is 11.3 Å². The molecule has 1 aromatic heterocycles. The van der Waals surface area contributed by atoms with E-state index >= 15 is 0 Å². The first kappa shape index (κ1) is 15.5. The van der Waals surface area contributed by atoms with Crippen molar-refractivity contribution in [2.75, 3.05) is 6.54 Å². The van der Waals surface area contributed by atoms with Crippen molar-refractivity contribution in [3.8, 4) is 0 Å². The van der Waals surface area contributed by atoms with Gasteiger partial charge in [0.15, 0.2) is 0 Å². The summed E-state index contributed by atoms with van der Waals surface area (Å²) >= 11 is 1.53. The average molecular weight is 308 g/mol. The third kappa shape index (κ3) is 5.17. The predicted molar refractivity (Wildman–Crippen MR) is 80.5 cm³/mol. The van der Waals surface area contributed by atoms with E-state index in [9.17, 15) is 14.3 Å². The quantitative estimate of drug-likeness (QED) is 0.768. The normalized spacial score (nSPS) is 11.9. The van der Waals surface area contributed by atoms with Crippen LogP contribution in [-0.2, 0) is 6.54 Å². The molecule has 0 aliphatic rings. The molecule has 0 saturated carbocycles. The van der Waals surface area contributed by atoms with Crippen LogP contribution in [0.3, 0.4) is 0 Å². The van der Waals surface area contributed by atoms with Crippen LogP contribution in [0.4, 0.5) is 9.18 Å². The highest BCUT2D eigenvalue weighted by molar-refractivity contribution is 7.07. The maximum atomic E-state index is 12.7. The fourth-order valence-corrected chi connectivity index (χ4v) is 2.51. The van der Waals surface area contributed by atoms with Gasteiger partial charge in [0.1, 0.15) is 5.82 Å². The largest absolute Gasteiger partial charge is 0.388 e. The zero-order valence-corrected chi connectivity index (χ0v) is 12.2. The number of amides is 2. The van der Waals surface area contributed by atoms with E-state index in [2.05, 4.69) is 10.6 Å². The van der Waals surface area contributed by atoms with E-state index < -0.39 is 6.10 Å². The van der Waals surface area contributed by atoms with Crippen LogP contribution in [0.1, 0.15) is 23.7 Å². The van der Waals surface area contributed by atoms with Crippen molar-refractivity contribution < 1.29 is 14.3 Å². The Morgan fingerprint density at radius 3 is 2.67 bits per heavy atom. The zero-order valence-electron chi connectivity index (χ0n) is 11.4. The number of urea groups is 1. The number of rotatable bonds is 6. The van der Waals surface area contributed by atoms with Crippen molar-refractivity contribution in [2.45, 2.75) is 19.1 Å². The molecule has 0 spiro atoms. The van der Waals surface area contributed by atoms with Crippen LogP contribution < -0.4 is 10.6 Å². The summed E-state index contributed by atoms with van der Waals surface area (Å²) in [6.45, 7) is 0.714. The molecule has 0 aliphatic heterocycles. The number of carbonyl (C=O) groups is 1. The minimum Gasteiger partial charge on any atom is -0.388 e. The van der Waals surface area contributed by atoms with Gasteiger partial charge < -0.3 is 15.7 Å². The van der Waals surface area contributed by atoms with Gasteiger partial charge in [-0.15, -0.1) is 0 Å². The molecular formula is C15H17FN2O2S. The molecule has 0 aliphatic carbocycles. The highest BCUT2D eigenvalue weighted by atomic mass is 32.1. The molecule has 0 fully saturated rings. The third-order valence-electron chi connectivity index (χ3n) is 3.00. The Kier molecular flexibility index (Phi) is 5.71. The zero-order chi connectivity index (χ0) is 15.1. The van der Waals surface area contributed by atoms with Crippen LogP contribution >= 0.6 is 11.3 Å². The topological polar surface area (TPSA) is 61.4 Å². The van der Waals surface area contributed by atoms with Gasteiger partial charge >= 0.3 is 6.03 Å². The molecular weight excluding hydrogens is 291 g/mol. The van der Waals surface area contributed by atoms with Gasteiger partial charge in [-0.05, 0) is 46.5 Å². The van der Waals surface area contributed by atoms with Gasteiger partial charge in [0.2, 0.25) is 0 Å². The lowest BCUT2D eigenvalue weighted by molar-refractivity contribution is 0.167. The van der Waals surface area contributed by atoms with Crippen molar-refractivity contribution in [3.63, 3.8) is 0 Å². The molecule has 2 aromatic rings. The summed E-state index contributed by atoms with van der Waals surface area (Å²) in [5, 5.41) is 19.0. The van der Waals surface area contributed by atoms with Crippen LogP contribution in [0, 0.1) is 5.82 Å². The van der Waals surface area contributed by atoms with Crippen LogP contribution in [0.15, 0.2) is 41.1 Å². The van der Waals surface area contributed by atoms with Crippen LogP contribution in [0.25, 0.3) is 0 Å². The van der Waals surface area contributed by atoms with Gasteiger partial charge in [0, 0.05) is 13.1 Å². The molecule has 0 saturated heterocycles. The number of aliphatic hydroxyl groups is 1. The fourth-order valence-electron chi connectivity index (χ4n) is 1.80. The molecule has 1 aromatic carbocycles. The smallest absolute Gasteiger partial charge is 0.315 e. The first-order chi connectivity index (χ1) is 10.1. The van der Waals surface area contributed by atoms with E-state index in [-0.39, 0.29) is 11.8 Å². The Bertz CT molecular complexity index is 558. The molecule has 2 rings (SSSR count). The third-order valence-corrected chi connectivity index (χ3v) is 3.70. The molecule has 0 radical (unpaired) electrons. The van der Waals surface area contributed by atoms with Crippen molar-refractivity contribution in [1.29, 1.82) is 0 Å². The van der Waals surface area contributed by atoms with E-state index in [0.29, 0.717) is 19.5 Å². The lowest BCUT2D eigenvalue weighted by Crippen LogP contribution is -2.36. The summed E-state index contributed by atoms with van der Waals surface area (Å²) in [5.41, 5.74) is 1.69. The van der Waals surface area contributed by atoms with Crippen LogP contribution in [-0.4, -0.2) is 17.7 Å². The second-order valence-electron chi connectivity index (χ2n) is 4.60. The lowest BCUT2D eigenvalue weighted by atomic mass is 10.1. The maximum absolute atomic E-state index is 12.7.